The van der Waals surface area contributed by atoms with E-state index in [-0.39, 0.29) is 12.1 Å². The van der Waals surface area contributed by atoms with E-state index < -0.39 is 0 Å². The first-order chi connectivity index (χ1) is 10.7. The van der Waals surface area contributed by atoms with Crippen LogP contribution in [0.4, 0.5) is 0 Å². The summed E-state index contributed by atoms with van der Waals surface area (Å²) in [5.41, 5.74) is 0.945. The molecule has 1 fully saturated rings. The quantitative estimate of drug-likeness (QED) is 0.618. The first-order valence-corrected chi connectivity index (χ1v) is 8.55. The van der Waals surface area contributed by atoms with Crippen molar-refractivity contribution in [2.75, 3.05) is 5.75 Å². The van der Waals surface area contributed by atoms with Crippen molar-refractivity contribution in [1.82, 2.24) is 14.8 Å². The van der Waals surface area contributed by atoms with Gasteiger partial charge in [-0.2, -0.15) is 0 Å². The largest absolute Gasteiger partial charge is 0.461 e. The van der Waals surface area contributed by atoms with Crippen LogP contribution in [0.15, 0.2) is 29.4 Å². The summed E-state index contributed by atoms with van der Waals surface area (Å²) in [5.74, 6) is 1.40. The van der Waals surface area contributed by atoms with Crippen LogP contribution in [0, 0.1) is 0 Å². The molecule has 1 saturated heterocycles. The van der Waals surface area contributed by atoms with Gasteiger partial charge in [-0.05, 0) is 25.5 Å². The molecular formula is C15H16ClN3O2S. The van der Waals surface area contributed by atoms with Gasteiger partial charge in [-0.25, -0.2) is 0 Å². The van der Waals surface area contributed by atoms with Crippen LogP contribution in [0.1, 0.15) is 19.8 Å². The van der Waals surface area contributed by atoms with Gasteiger partial charge >= 0.3 is 5.97 Å². The van der Waals surface area contributed by atoms with Gasteiger partial charge in [0, 0.05) is 29.3 Å². The minimum absolute atomic E-state index is 0.0193. The number of hydrogen-bond donors (Lipinski definition) is 0. The number of ether oxygens (including phenoxy) is 1. The van der Waals surface area contributed by atoms with Crippen LogP contribution in [0.5, 0.6) is 0 Å². The van der Waals surface area contributed by atoms with Crippen molar-refractivity contribution in [2.24, 2.45) is 0 Å². The Morgan fingerprint density at radius 1 is 1.45 bits per heavy atom. The number of esters is 1. The number of rotatable bonds is 5. The SMILES string of the molecule is CCn1c(SCC2CCC(=O)O2)nnc1-c1cccc(Cl)c1. The second kappa shape index (κ2) is 6.71. The van der Waals surface area contributed by atoms with Gasteiger partial charge in [-0.1, -0.05) is 35.5 Å². The van der Waals surface area contributed by atoms with Crippen LogP contribution in [-0.4, -0.2) is 32.6 Å². The predicted octanol–water partition coefficient (Wildman–Crippen LogP) is 3.42. The fraction of sp³-hybridized carbons (Fsp3) is 0.400. The number of carbonyl (C=O) groups is 1. The molecule has 0 bridgehead atoms. The lowest BCUT2D eigenvalue weighted by Crippen LogP contribution is -2.10. The van der Waals surface area contributed by atoms with E-state index in [1.807, 2.05) is 28.8 Å². The van der Waals surface area contributed by atoms with Crippen molar-refractivity contribution in [2.45, 2.75) is 37.6 Å². The standard InChI is InChI=1S/C15H16ClN3O2S/c1-2-19-14(10-4-3-5-11(16)8-10)17-18-15(19)22-9-12-6-7-13(20)21-12/h3-5,8,12H,2,6-7,9H2,1H3. The molecule has 5 nitrogen and oxygen atoms in total. The van der Waals surface area contributed by atoms with Gasteiger partial charge in [-0.3, -0.25) is 4.79 Å². The van der Waals surface area contributed by atoms with Crippen LogP contribution in [0.25, 0.3) is 11.4 Å². The highest BCUT2D eigenvalue weighted by atomic mass is 35.5. The zero-order valence-corrected chi connectivity index (χ0v) is 13.7. The molecule has 22 heavy (non-hydrogen) atoms. The average Bonchev–Trinajstić information content (AvgIpc) is 3.10. The zero-order chi connectivity index (χ0) is 15.5. The Hall–Kier alpha value is -1.53. The molecule has 0 radical (unpaired) electrons. The maximum Gasteiger partial charge on any atom is 0.306 e. The van der Waals surface area contributed by atoms with E-state index in [0.717, 1.165) is 29.5 Å². The summed E-state index contributed by atoms with van der Waals surface area (Å²) < 4.78 is 7.28. The number of nitrogens with zero attached hydrogens (tertiary/aromatic N) is 3. The van der Waals surface area contributed by atoms with E-state index in [0.29, 0.717) is 17.2 Å². The van der Waals surface area contributed by atoms with Gasteiger partial charge in [0.2, 0.25) is 0 Å². The summed E-state index contributed by atoms with van der Waals surface area (Å²) in [6.45, 7) is 2.82. The normalized spacial score (nSPS) is 17.7. The molecule has 2 aromatic rings. The summed E-state index contributed by atoms with van der Waals surface area (Å²) >= 11 is 7.62. The number of benzene rings is 1. The molecule has 0 amide bonds. The van der Waals surface area contributed by atoms with Crippen LogP contribution >= 0.6 is 23.4 Å². The lowest BCUT2D eigenvalue weighted by molar-refractivity contribution is -0.140. The highest BCUT2D eigenvalue weighted by Crippen LogP contribution is 2.28. The van der Waals surface area contributed by atoms with E-state index >= 15 is 0 Å². The Labute approximate surface area is 138 Å². The fourth-order valence-corrected chi connectivity index (χ4v) is 3.62. The topological polar surface area (TPSA) is 57.0 Å². The highest BCUT2D eigenvalue weighted by molar-refractivity contribution is 7.99. The van der Waals surface area contributed by atoms with Crippen molar-refractivity contribution in [3.05, 3.63) is 29.3 Å². The predicted molar refractivity (Wildman–Crippen MR) is 86.0 cm³/mol. The summed E-state index contributed by atoms with van der Waals surface area (Å²) in [6.07, 6.45) is 1.28. The molecule has 2 heterocycles. The minimum atomic E-state index is -0.109. The maximum atomic E-state index is 11.1. The van der Waals surface area contributed by atoms with Gasteiger partial charge in [0.15, 0.2) is 11.0 Å². The molecular weight excluding hydrogens is 322 g/mol. The second-order valence-electron chi connectivity index (χ2n) is 5.02. The summed E-state index contributed by atoms with van der Waals surface area (Å²) in [6, 6.07) is 7.58. The van der Waals surface area contributed by atoms with Crippen molar-refractivity contribution in [3.63, 3.8) is 0 Å². The lowest BCUT2D eigenvalue weighted by Gasteiger charge is -2.10. The van der Waals surface area contributed by atoms with Crippen LogP contribution in [-0.2, 0) is 16.1 Å². The highest BCUT2D eigenvalue weighted by Gasteiger charge is 2.24. The molecule has 0 saturated carbocycles. The second-order valence-corrected chi connectivity index (χ2v) is 6.45. The number of cyclic esters (lactones) is 1. The van der Waals surface area contributed by atoms with Gasteiger partial charge in [0.25, 0.3) is 0 Å². The van der Waals surface area contributed by atoms with E-state index in [4.69, 9.17) is 16.3 Å². The zero-order valence-electron chi connectivity index (χ0n) is 12.2. The number of hydrogen-bond acceptors (Lipinski definition) is 5. The first kappa shape index (κ1) is 15.4. The molecule has 1 aliphatic rings. The third-order valence-corrected chi connectivity index (χ3v) is 4.82. The Morgan fingerprint density at radius 3 is 3.00 bits per heavy atom. The molecule has 3 rings (SSSR count). The summed E-state index contributed by atoms with van der Waals surface area (Å²) in [5, 5.41) is 10.1. The van der Waals surface area contributed by atoms with Crippen LogP contribution < -0.4 is 0 Å². The molecule has 0 aliphatic carbocycles. The number of thioether (sulfide) groups is 1. The molecule has 0 spiro atoms. The molecule has 0 N–H and O–H groups in total. The Kier molecular flexibility index (Phi) is 4.69. The Bertz CT molecular complexity index is 689. The van der Waals surface area contributed by atoms with Gasteiger partial charge in [-0.15, -0.1) is 10.2 Å². The maximum absolute atomic E-state index is 11.1. The third-order valence-electron chi connectivity index (χ3n) is 3.48. The van der Waals surface area contributed by atoms with Gasteiger partial charge in [0.1, 0.15) is 6.10 Å². The van der Waals surface area contributed by atoms with Gasteiger partial charge in [0.05, 0.1) is 0 Å². The monoisotopic (exact) mass is 337 g/mol. The molecule has 1 aromatic carbocycles. The number of halogens is 1. The smallest absolute Gasteiger partial charge is 0.306 e. The molecule has 1 aliphatic heterocycles. The Balaban J connectivity index is 1.77. The van der Waals surface area contributed by atoms with Crippen molar-refractivity contribution < 1.29 is 9.53 Å². The van der Waals surface area contributed by atoms with E-state index in [1.54, 1.807) is 11.8 Å². The van der Waals surface area contributed by atoms with Crippen molar-refractivity contribution in [1.29, 1.82) is 0 Å². The van der Waals surface area contributed by atoms with Crippen LogP contribution in [0.3, 0.4) is 0 Å². The summed E-state index contributed by atoms with van der Waals surface area (Å²) in [4.78, 5) is 11.1. The summed E-state index contributed by atoms with van der Waals surface area (Å²) in [7, 11) is 0. The van der Waals surface area contributed by atoms with Crippen molar-refractivity contribution in [3.8, 4) is 11.4 Å². The molecule has 116 valence electrons. The lowest BCUT2D eigenvalue weighted by atomic mass is 10.2. The molecule has 1 aromatic heterocycles. The molecule has 1 atom stereocenters. The number of carbonyl (C=O) groups excluding carboxylic acids is 1. The average molecular weight is 338 g/mol. The third kappa shape index (κ3) is 3.28. The van der Waals surface area contributed by atoms with E-state index in [9.17, 15) is 4.79 Å². The number of aromatic nitrogens is 3. The van der Waals surface area contributed by atoms with Gasteiger partial charge < -0.3 is 9.30 Å². The minimum Gasteiger partial charge on any atom is -0.461 e. The molecule has 7 heteroatoms. The Morgan fingerprint density at radius 2 is 2.32 bits per heavy atom. The first-order valence-electron chi connectivity index (χ1n) is 7.18. The fourth-order valence-electron chi connectivity index (χ4n) is 2.39. The van der Waals surface area contributed by atoms with E-state index in [1.165, 1.54) is 0 Å². The van der Waals surface area contributed by atoms with Crippen LogP contribution in [0.2, 0.25) is 5.02 Å². The van der Waals surface area contributed by atoms with E-state index in [2.05, 4.69) is 17.1 Å². The van der Waals surface area contributed by atoms with Crippen molar-refractivity contribution >= 4 is 29.3 Å². The molecule has 1 unspecified atom stereocenters.